The largest absolute Gasteiger partial charge is 0.497 e. The summed E-state index contributed by atoms with van der Waals surface area (Å²) in [7, 11) is 1.57. The van der Waals surface area contributed by atoms with Gasteiger partial charge in [-0.3, -0.25) is 0 Å². The van der Waals surface area contributed by atoms with Crippen LogP contribution >= 0.6 is 0 Å². The number of benzene rings is 3. The van der Waals surface area contributed by atoms with Gasteiger partial charge in [0.15, 0.2) is 0 Å². The number of carbonyl (C=O) groups is 1. The summed E-state index contributed by atoms with van der Waals surface area (Å²) in [4.78, 5) is 11.0. The molecule has 3 rings (SSSR count). The van der Waals surface area contributed by atoms with Gasteiger partial charge in [0.1, 0.15) is 5.75 Å². The second kappa shape index (κ2) is 8.55. The monoisotopic (exact) mass is 374 g/mol. The van der Waals surface area contributed by atoms with E-state index in [1.807, 2.05) is 55.5 Å². The lowest BCUT2D eigenvalue weighted by atomic mass is 9.92. The highest BCUT2D eigenvalue weighted by Gasteiger charge is 2.10. The maximum absolute atomic E-state index is 11.0. The van der Waals surface area contributed by atoms with E-state index in [9.17, 15) is 9.90 Å². The Hall–Kier alpha value is -3.37. The number of rotatable bonds is 6. The minimum Gasteiger partial charge on any atom is -0.497 e. The van der Waals surface area contributed by atoms with Gasteiger partial charge in [0, 0.05) is 6.08 Å². The Morgan fingerprint density at radius 1 is 1.00 bits per heavy atom. The Bertz CT molecular complexity index is 1030. The Labute approximate surface area is 164 Å². The molecule has 3 aromatic rings. The summed E-state index contributed by atoms with van der Waals surface area (Å²) < 4.78 is 5.26. The van der Waals surface area contributed by atoms with Crippen LogP contribution in [0.2, 0.25) is 0 Å². The molecular formula is C24H22O4. The minimum atomic E-state index is -1.01. The zero-order valence-electron chi connectivity index (χ0n) is 15.8. The van der Waals surface area contributed by atoms with Crippen LogP contribution in [0.25, 0.3) is 28.3 Å². The molecule has 0 aliphatic carbocycles. The predicted molar refractivity (Wildman–Crippen MR) is 111 cm³/mol. The Balaban J connectivity index is 2.10. The van der Waals surface area contributed by atoms with E-state index in [0.29, 0.717) is 5.75 Å². The fraction of sp³-hybridized carbons (Fsp3) is 0.125. The summed E-state index contributed by atoms with van der Waals surface area (Å²) in [6.07, 6.45) is 2.65. The van der Waals surface area contributed by atoms with E-state index in [1.165, 1.54) is 0 Å². The Morgan fingerprint density at radius 2 is 1.75 bits per heavy atom. The molecule has 4 nitrogen and oxygen atoms in total. The molecule has 28 heavy (non-hydrogen) atoms. The number of hydrogen-bond acceptors (Lipinski definition) is 3. The first-order chi connectivity index (χ1) is 13.5. The Kier molecular flexibility index (Phi) is 5.92. The lowest BCUT2D eigenvalue weighted by Gasteiger charge is -2.14. The zero-order chi connectivity index (χ0) is 20.1. The third kappa shape index (κ3) is 4.30. The quantitative estimate of drug-likeness (QED) is 0.601. The van der Waals surface area contributed by atoms with Crippen molar-refractivity contribution in [2.24, 2.45) is 0 Å². The van der Waals surface area contributed by atoms with E-state index in [4.69, 9.17) is 9.84 Å². The van der Waals surface area contributed by atoms with Crippen LogP contribution in [0.4, 0.5) is 0 Å². The molecule has 0 bridgehead atoms. The number of aryl methyl sites for hydroxylation is 1. The van der Waals surface area contributed by atoms with Gasteiger partial charge in [0.25, 0.3) is 0 Å². The first-order valence-corrected chi connectivity index (χ1v) is 8.92. The van der Waals surface area contributed by atoms with Gasteiger partial charge in [-0.1, -0.05) is 48.0 Å². The maximum atomic E-state index is 11.0. The van der Waals surface area contributed by atoms with E-state index < -0.39 is 5.97 Å². The lowest BCUT2D eigenvalue weighted by Crippen LogP contribution is -1.94. The van der Waals surface area contributed by atoms with Gasteiger partial charge in [-0.25, -0.2) is 4.79 Å². The molecule has 0 radical (unpaired) electrons. The topological polar surface area (TPSA) is 66.8 Å². The summed E-state index contributed by atoms with van der Waals surface area (Å²) >= 11 is 0. The molecule has 0 aromatic heterocycles. The van der Waals surface area contributed by atoms with Crippen LogP contribution in [0.5, 0.6) is 5.75 Å². The molecule has 0 aliphatic heterocycles. The smallest absolute Gasteiger partial charge is 0.328 e. The average Bonchev–Trinajstić information content (AvgIpc) is 2.71. The van der Waals surface area contributed by atoms with Gasteiger partial charge in [-0.2, -0.15) is 0 Å². The van der Waals surface area contributed by atoms with Crippen molar-refractivity contribution in [3.63, 3.8) is 0 Å². The molecule has 0 saturated carbocycles. The van der Waals surface area contributed by atoms with Crippen molar-refractivity contribution >= 4 is 12.0 Å². The molecular weight excluding hydrogens is 352 g/mol. The van der Waals surface area contributed by atoms with E-state index in [2.05, 4.69) is 6.07 Å². The number of carboxylic acid groups (broad SMARTS) is 1. The molecule has 0 unspecified atom stereocenters. The summed E-state index contributed by atoms with van der Waals surface area (Å²) in [5, 5.41) is 18.9. The van der Waals surface area contributed by atoms with Crippen molar-refractivity contribution in [2.75, 3.05) is 7.11 Å². The van der Waals surface area contributed by atoms with Crippen LogP contribution in [0.3, 0.4) is 0 Å². The first-order valence-electron chi connectivity index (χ1n) is 8.92. The molecule has 4 heteroatoms. The molecule has 142 valence electrons. The van der Waals surface area contributed by atoms with Crippen molar-refractivity contribution in [1.29, 1.82) is 0 Å². The number of carboxylic acids is 1. The molecule has 0 atom stereocenters. The van der Waals surface area contributed by atoms with Crippen LogP contribution in [0, 0.1) is 6.92 Å². The fourth-order valence-electron chi connectivity index (χ4n) is 3.22. The third-order valence-corrected chi connectivity index (χ3v) is 4.58. The number of aliphatic hydroxyl groups excluding tert-OH is 1. The summed E-state index contributed by atoms with van der Waals surface area (Å²) in [5.74, 6) is -0.368. The third-order valence-electron chi connectivity index (χ3n) is 4.58. The van der Waals surface area contributed by atoms with Gasteiger partial charge in [-0.15, -0.1) is 0 Å². The van der Waals surface area contributed by atoms with E-state index in [1.54, 1.807) is 19.3 Å². The van der Waals surface area contributed by atoms with Crippen molar-refractivity contribution in [3.8, 4) is 28.0 Å². The van der Waals surface area contributed by atoms with Gasteiger partial charge in [0.05, 0.1) is 13.7 Å². The second-order valence-electron chi connectivity index (χ2n) is 6.52. The predicted octanol–water partition coefficient (Wildman–Crippen LogP) is 4.93. The lowest BCUT2D eigenvalue weighted by molar-refractivity contribution is -0.131. The van der Waals surface area contributed by atoms with E-state index in [-0.39, 0.29) is 6.61 Å². The molecule has 2 N–H and O–H groups in total. The zero-order valence-corrected chi connectivity index (χ0v) is 15.8. The van der Waals surface area contributed by atoms with Crippen molar-refractivity contribution < 1.29 is 19.7 Å². The molecule has 3 aromatic carbocycles. The number of ether oxygens (including phenoxy) is 1. The molecule has 0 amide bonds. The standard InChI is InChI=1S/C24H22O4/c1-16-4-3-5-17(12-16)23-9-6-18(13-20(23)15-25)22-10-8-21(28-2)14-19(22)7-11-24(26)27/h3-14,25H,15H2,1-2H3,(H,26,27)/b11-7+. The minimum absolute atomic E-state index is 0.0897. The van der Waals surface area contributed by atoms with Crippen LogP contribution < -0.4 is 4.74 Å². The van der Waals surface area contributed by atoms with Crippen LogP contribution in [0.1, 0.15) is 16.7 Å². The average molecular weight is 374 g/mol. The highest BCUT2D eigenvalue weighted by Crippen LogP contribution is 2.33. The van der Waals surface area contributed by atoms with Crippen molar-refractivity contribution in [2.45, 2.75) is 13.5 Å². The normalized spacial score (nSPS) is 11.0. The molecule has 0 saturated heterocycles. The van der Waals surface area contributed by atoms with Gasteiger partial charge < -0.3 is 14.9 Å². The Morgan fingerprint density at radius 3 is 2.43 bits per heavy atom. The summed E-state index contributed by atoms with van der Waals surface area (Å²) in [5.41, 5.74) is 6.49. The summed E-state index contributed by atoms with van der Waals surface area (Å²) in [6.45, 7) is 1.95. The van der Waals surface area contributed by atoms with Crippen molar-refractivity contribution in [3.05, 3.63) is 83.4 Å². The van der Waals surface area contributed by atoms with Crippen LogP contribution in [0.15, 0.2) is 66.7 Å². The molecule has 0 spiro atoms. The second-order valence-corrected chi connectivity index (χ2v) is 6.52. The summed E-state index contributed by atoms with van der Waals surface area (Å²) in [6, 6.07) is 19.6. The molecule has 0 heterocycles. The number of aliphatic carboxylic acids is 1. The number of hydrogen-bond donors (Lipinski definition) is 2. The highest BCUT2D eigenvalue weighted by atomic mass is 16.5. The van der Waals surface area contributed by atoms with Gasteiger partial charge in [-0.05, 0) is 64.6 Å². The molecule has 0 fully saturated rings. The molecule has 0 aliphatic rings. The first kappa shape index (κ1) is 19.4. The van der Waals surface area contributed by atoms with E-state index >= 15 is 0 Å². The van der Waals surface area contributed by atoms with Gasteiger partial charge >= 0.3 is 5.97 Å². The fourth-order valence-corrected chi connectivity index (χ4v) is 3.22. The highest BCUT2D eigenvalue weighted by molar-refractivity contribution is 5.88. The maximum Gasteiger partial charge on any atom is 0.328 e. The van der Waals surface area contributed by atoms with Crippen LogP contribution in [-0.2, 0) is 11.4 Å². The number of aliphatic hydroxyl groups is 1. The van der Waals surface area contributed by atoms with Gasteiger partial charge in [0.2, 0.25) is 0 Å². The van der Waals surface area contributed by atoms with E-state index in [0.717, 1.165) is 45.0 Å². The van der Waals surface area contributed by atoms with Crippen LogP contribution in [-0.4, -0.2) is 23.3 Å². The SMILES string of the molecule is COc1ccc(-c2ccc(-c3cccc(C)c3)c(CO)c2)c(/C=C/C(=O)O)c1. The van der Waals surface area contributed by atoms with Crippen molar-refractivity contribution in [1.82, 2.24) is 0 Å². The number of methoxy groups -OCH3 is 1.